The highest BCUT2D eigenvalue weighted by Gasteiger charge is 2.29. The number of hydrogen-bond acceptors (Lipinski definition) is 3. The molecule has 1 aliphatic carbocycles. The quantitative estimate of drug-likeness (QED) is 0.871. The molecule has 0 aromatic heterocycles. The molecule has 19 heavy (non-hydrogen) atoms. The fourth-order valence-electron chi connectivity index (χ4n) is 2.74. The standard InChI is InChI=1S/C15H19N3O/c16-9-11-4-3-6-13(8-11)18-15(19)14-7-2-1-5-12(14)10-17/h3-4,6,8,12,14H,1-2,5,7,10,17H2,(H,18,19). The van der Waals surface area contributed by atoms with Gasteiger partial charge in [-0.05, 0) is 43.5 Å². The Bertz CT molecular complexity index is 492. The van der Waals surface area contributed by atoms with E-state index in [1.54, 1.807) is 24.3 Å². The molecule has 2 rings (SSSR count). The maximum Gasteiger partial charge on any atom is 0.227 e. The van der Waals surface area contributed by atoms with Crippen LogP contribution < -0.4 is 11.1 Å². The molecule has 4 nitrogen and oxygen atoms in total. The van der Waals surface area contributed by atoms with Gasteiger partial charge in [0.25, 0.3) is 0 Å². The summed E-state index contributed by atoms with van der Waals surface area (Å²) in [7, 11) is 0. The SMILES string of the molecule is N#Cc1cccc(NC(=O)C2CCCCC2CN)c1. The number of carbonyl (C=O) groups excluding carboxylic acids is 1. The predicted molar refractivity (Wildman–Crippen MR) is 74.3 cm³/mol. The summed E-state index contributed by atoms with van der Waals surface area (Å²) in [5.41, 5.74) is 6.99. The van der Waals surface area contributed by atoms with E-state index in [-0.39, 0.29) is 17.7 Å². The first-order valence-electron chi connectivity index (χ1n) is 6.75. The molecular formula is C15H19N3O. The van der Waals surface area contributed by atoms with E-state index in [1.807, 2.05) is 0 Å². The minimum atomic E-state index is 0.00416. The zero-order chi connectivity index (χ0) is 13.7. The number of benzene rings is 1. The summed E-state index contributed by atoms with van der Waals surface area (Å²) in [5, 5.41) is 11.8. The number of nitrogens with zero attached hydrogens (tertiary/aromatic N) is 1. The second kappa shape index (κ2) is 6.35. The Morgan fingerprint density at radius 2 is 2.21 bits per heavy atom. The monoisotopic (exact) mass is 257 g/mol. The lowest BCUT2D eigenvalue weighted by atomic mass is 9.78. The van der Waals surface area contributed by atoms with Crippen LogP contribution in [0.2, 0.25) is 0 Å². The van der Waals surface area contributed by atoms with Crippen molar-refractivity contribution in [1.82, 2.24) is 0 Å². The van der Waals surface area contributed by atoms with E-state index in [0.717, 1.165) is 25.7 Å². The fourth-order valence-corrected chi connectivity index (χ4v) is 2.74. The van der Waals surface area contributed by atoms with Crippen LogP contribution in [0.15, 0.2) is 24.3 Å². The van der Waals surface area contributed by atoms with Crippen LogP contribution in [-0.2, 0) is 4.79 Å². The zero-order valence-electron chi connectivity index (χ0n) is 10.9. The molecular weight excluding hydrogens is 238 g/mol. The first kappa shape index (κ1) is 13.6. The van der Waals surface area contributed by atoms with Crippen molar-refractivity contribution in [2.45, 2.75) is 25.7 Å². The number of hydrogen-bond donors (Lipinski definition) is 2. The van der Waals surface area contributed by atoms with Crippen LogP contribution in [-0.4, -0.2) is 12.5 Å². The minimum absolute atomic E-state index is 0.00416. The van der Waals surface area contributed by atoms with Gasteiger partial charge in [0, 0.05) is 11.6 Å². The maximum atomic E-state index is 12.3. The fraction of sp³-hybridized carbons (Fsp3) is 0.467. The molecule has 1 aliphatic rings. The van der Waals surface area contributed by atoms with Gasteiger partial charge in [-0.1, -0.05) is 18.9 Å². The van der Waals surface area contributed by atoms with Crippen molar-refractivity contribution >= 4 is 11.6 Å². The van der Waals surface area contributed by atoms with E-state index >= 15 is 0 Å². The van der Waals surface area contributed by atoms with Gasteiger partial charge in [-0.15, -0.1) is 0 Å². The lowest BCUT2D eigenvalue weighted by Gasteiger charge is -2.29. The van der Waals surface area contributed by atoms with E-state index in [1.165, 1.54) is 0 Å². The van der Waals surface area contributed by atoms with Gasteiger partial charge in [-0.3, -0.25) is 4.79 Å². The number of nitriles is 1. The van der Waals surface area contributed by atoms with Crippen molar-refractivity contribution in [3.63, 3.8) is 0 Å². The summed E-state index contributed by atoms with van der Waals surface area (Å²) in [6.07, 6.45) is 4.20. The Morgan fingerprint density at radius 1 is 1.42 bits per heavy atom. The number of nitrogens with two attached hydrogens (primary N) is 1. The average Bonchev–Trinajstić information content (AvgIpc) is 2.47. The lowest BCUT2D eigenvalue weighted by Crippen LogP contribution is -2.35. The summed E-state index contributed by atoms with van der Waals surface area (Å²) in [6.45, 7) is 0.566. The largest absolute Gasteiger partial charge is 0.330 e. The van der Waals surface area contributed by atoms with Gasteiger partial charge in [0.15, 0.2) is 0 Å². The predicted octanol–water partition coefficient (Wildman–Crippen LogP) is 2.26. The van der Waals surface area contributed by atoms with Gasteiger partial charge < -0.3 is 11.1 Å². The van der Waals surface area contributed by atoms with Crippen molar-refractivity contribution in [1.29, 1.82) is 5.26 Å². The number of amides is 1. The third-order valence-electron chi connectivity index (χ3n) is 3.81. The summed E-state index contributed by atoms with van der Waals surface area (Å²) < 4.78 is 0. The lowest BCUT2D eigenvalue weighted by molar-refractivity contribution is -0.122. The summed E-state index contributed by atoms with van der Waals surface area (Å²) in [4.78, 5) is 12.3. The third kappa shape index (κ3) is 3.33. The van der Waals surface area contributed by atoms with Crippen LogP contribution in [0.4, 0.5) is 5.69 Å². The molecule has 0 saturated heterocycles. The first-order valence-corrected chi connectivity index (χ1v) is 6.75. The van der Waals surface area contributed by atoms with Gasteiger partial charge in [-0.25, -0.2) is 0 Å². The summed E-state index contributed by atoms with van der Waals surface area (Å²) >= 11 is 0. The van der Waals surface area contributed by atoms with Crippen LogP contribution in [0, 0.1) is 23.2 Å². The topological polar surface area (TPSA) is 78.9 Å². The van der Waals surface area contributed by atoms with Crippen molar-refractivity contribution in [2.75, 3.05) is 11.9 Å². The molecule has 3 N–H and O–H groups in total. The zero-order valence-corrected chi connectivity index (χ0v) is 10.9. The van der Waals surface area contributed by atoms with E-state index in [4.69, 9.17) is 11.0 Å². The van der Waals surface area contributed by atoms with Gasteiger partial charge in [0.2, 0.25) is 5.91 Å². The molecule has 1 amide bonds. The number of nitrogens with one attached hydrogen (secondary N) is 1. The number of rotatable bonds is 3. The van der Waals surface area contributed by atoms with Crippen LogP contribution in [0.1, 0.15) is 31.2 Å². The van der Waals surface area contributed by atoms with Gasteiger partial charge in [-0.2, -0.15) is 5.26 Å². The maximum absolute atomic E-state index is 12.3. The van der Waals surface area contributed by atoms with Crippen molar-refractivity contribution < 1.29 is 4.79 Å². The first-order chi connectivity index (χ1) is 9.24. The average molecular weight is 257 g/mol. The van der Waals surface area contributed by atoms with E-state index in [9.17, 15) is 4.79 Å². The Hall–Kier alpha value is -1.86. The van der Waals surface area contributed by atoms with Crippen LogP contribution >= 0.6 is 0 Å². The molecule has 0 bridgehead atoms. The Balaban J connectivity index is 2.05. The van der Waals surface area contributed by atoms with Crippen LogP contribution in [0.25, 0.3) is 0 Å². The molecule has 1 saturated carbocycles. The Kier molecular flexibility index (Phi) is 4.53. The Morgan fingerprint density at radius 3 is 2.95 bits per heavy atom. The highest BCUT2D eigenvalue weighted by molar-refractivity contribution is 5.93. The molecule has 1 fully saturated rings. The molecule has 0 heterocycles. The smallest absolute Gasteiger partial charge is 0.227 e. The number of anilines is 1. The van der Waals surface area contributed by atoms with E-state index < -0.39 is 0 Å². The molecule has 2 unspecified atom stereocenters. The highest BCUT2D eigenvalue weighted by atomic mass is 16.1. The van der Waals surface area contributed by atoms with Gasteiger partial charge in [0.05, 0.1) is 11.6 Å². The molecule has 0 aliphatic heterocycles. The second-order valence-corrected chi connectivity index (χ2v) is 5.07. The van der Waals surface area contributed by atoms with Crippen molar-refractivity contribution in [3.05, 3.63) is 29.8 Å². The van der Waals surface area contributed by atoms with Crippen molar-refractivity contribution in [2.24, 2.45) is 17.6 Å². The molecule has 1 aromatic carbocycles. The van der Waals surface area contributed by atoms with E-state index in [2.05, 4.69) is 11.4 Å². The molecule has 4 heteroatoms. The molecule has 100 valence electrons. The molecule has 0 radical (unpaired) electrons. The molecule has 0 spiro atoms. The van der Waals surface area contributed by atoms with Crippen molar-refractivity contribution in [3.8, 4) is 6.07 Å². The second-order valence-electron chi connectivity index (χ2n) is 5.07. The third-order valence-corrected chi connectivity index (χ3v) is 3.81. The summed E-state index contributed by atoms with van der Waals surface area (Å²) in [6, 6.07) is 9.06. The van der Waals surface area contributed by atoms with Gasteiger partial charge >= 0.3 is 0 Å². The van der Waals surface area contributed by atoms with E-state index in [0.29, 0.717) is 17.8 Å². The number of carbonyl (C=O) groups is 1. The highest BCUT2D eigenvalue weighted by Crippen LogP contribution is 2.30. The minimum Gasteiger partial charge on any atom is -0.330 e. The molecule has 2 atom stereocenters. The Labute approximate surface area is 113 Å². The van der Waals surface area contributed by atoms with Gasteiger partial charge in [0.1, 0.15) is 0 Å². The molecule has 1 aromatic rings. The normalized spacial score (nSPS) is 22.5. The van der Waals surface area contributed by atoms with Crippen LogP contribution in [0.3, 0.4) is 0 Å². The van der Waals surface area contributed by atoms with Crippen LogP contribution in [0.5, 0.6) is 0 Å². The summed E-state index contributed by atoms with van der Waals surface area (Å²) in [5.74, 6) is 0.322.